The van der Waals surface area contributed by atoms with Crippen molar-refractivity contribution < 1.29 is 9.18 Å². The van der Waals surface area contributed by atoms with Crippen molar-refractivity contribution in [2.24, 2.45) is 7.05 Å². The molecular formula is C16H18FN3O. The monoisotopic (exact) mass is 287 g/mol. The van der Waals surface area contributed by atoms with E-state index in [0.29, 0.717) is 13.0 Å². The fourth-order valence-electron chi connectivity index (χ4n) is 2.81. The summed E-state index contributed by atoms with van der Waals surface area (Å²) in [5.41, 5.74) is 2.82. The van der Waals surface area contributed by atoms with Crippen LogP contribution < -0.4 is 4.90 Å². The minimum Gasteiger partial charge on any atom is -0.312 e. The second-order valence-electron chi connectivity index (χ2n) is 5.62. The molecule has 2 aromatic rings. The first-order valence-electron chi connectivity index (χ1n) is 7.12. The molecule has 1 amide bonds. The zero-order valence-corrected chi connectivity index (χ0v) is 12.2. The lowest BCUT2D eigenvalue weighted by atomic mass is 10.0. The van der Waals surface area contributed by atoms with Gasteiger partial charge in [0, 0.05) is 31.9 Å². The average Bonchev–Trinajstić information content (AvgIpc) is 3.04. The van der Waals surface area contributed by atoms with Crippen LogP contribution in [0, 0.1) is 5.82 Å². The molecule has 5 heteroatoms. The highest BCUT2D eigenvalue weighted by Crippen LogP contribution is 2.30. The van der Waals surface area contributed by atoms with Gasteiger partial charge in [-0.3, -0.25) is 9.48 Å². The van der Waals surface area contributed by atoms with Crippen LogP contribution in [0.1, 0.15) is 30.4 Å². The fourth-order valence-corrected chi connectivity index (χ4v) is 2.81. The van der Waals surface area contributed by atoms with Gasteiger partial charge < -0.3 is 4.90 Å². The molecular weight excluding hydrogens is 269 g/mol. The highest BCUT2D eigenvalue weighted by Gasteiger charge is 2.26. The lowest BCUT2D eigenvalue weighted by molar-refractivity contribution is -0.118. The number of anilines is 1. The summed E-state index contributed by atoms with van der Waals surface area (Å²) < 4.78 is 15.0. The van der Waals surface area contributed by atoms with Crippen LogP contribution in [0.3, 0.4) is 0 Å². The Morgan fingerprint density at radius 3 is 3.00 bits per heavy atom. The zero-order valence-electron chi connectivity index (χ0n) is 12.2. The van der Waals surface area contributed by atoms with Crippen LogP contribution in [0.25, 0.3) is 0 Å². The first-order chi connectivity index (χ1) is 10.0. The molecule has 1 aliphatic heterocycles. The summed E-state index contributed by atoms with van der Waals surface area (Å²) in [6.45, 7) is 2.66. The second kappa shape index (κ2) is 5.31. The quantitative estimate of drug-likeness (QED) is 0.870. The highest BCUT2D eigenvalue weighted by molar-refractivity contribution is 5.95. The lowest BCUT2D eigenvalue weighted by Gasteiger charge is -2.19. The molecule has 21 heavy (non-hydrogen) atoms. The predicted molar refractivity (Wildman–Crippen MR) is 78.7 cm³/mol. The maximum Gasteiger partial charge on any atom is 0.227 e. The Kier molecular flexibility index (Phi) is 3.49. The van der Waals surface area contributed by atoms with E-state index in [9.17, 15) is 9.18 Å². The summed E-state index contributed by atoms with van der Waals surface area (Å²) in [6.07, 6.45) is 4.89. The number of carbonyl (C=O) groups excluding carboxylic acids is 1. The van der Waals surface area contributed by atoms with Crippen molar-refractivity contribution in [3.8, 4) is 0 Å². The van der Waals surface area contributed by atoms with Gasteiger partial charge in [-0.25, -0.2) is 4.39 Å². The van der Waals surface area contributed by atoms with Crippen LogP contribution in [0.4, 0.5) is 10.1 Å². The van der Waals surface area contributed by atoms with Crippen molar-refractivity contribution in [2.75, 3.05) is 11.4 Å². The Labute approximate surface area is 123 Å². The molecule has 0 aliphatic carbocycles. The topological polar surface area (TPSA) is 38.1 Å². The normalized spacial score (nSPS) is 15.1. The number of fused-ring (bicyclic) bond motifs is 1. The Morgan fingerprint density at radius 1 is 1.48 bits per heavy atom. The molecule has 2 heterocycles. The van der Waals surface area contributed by atoms with Crippen molar-refractivity contribution in [1.82, 2.24) is 9.78 Å². The number of aryl methyl sites for hydroxylation is 1. The van der Waals surface area contributed by atoms with Gasteiger partial charge in [-0.2, -0.15) is 5.10 Å². The van der Waals surface area contributed by atoms with Crippen molar-refractivity contribution in [1.29, 1.82) is 0 Å². The second-order valence-corrected chi connectivity index (χ2v) is 5.62. The van der Waals surface area contributed by atoms with Gasteiger partial charge in [0.2, 0.25) is 5.91 Å². The van der Waals surface area contributed by atoms with Crippen molar-refractivity contribution in [3.05, 3.63) is 47.5 Å². The zero-order chi connectivity index (χ0) is 15.0. The lowest BCUT2D eigenvalue weighted by Crippen LogP contribution is -2.29. The van der Waals surface area contributed by atoms with Crippen molar-refractivity contribution >= 4 is 11.6 Å². The minimum atomic E-state index is -0.244. The molecule has 110 valence electrons. The first kappa shape index (κ1) is 13.8. The van der Waals surface area contributed by atoms with E-state index >= 15 is 0 Å². The molecule has 0 bridgehead atoms. The number of hydrogen-bond donors (Lipinski definition) is 0. The Bertz CT molecular complexity index is 680. The van der Waals surface area contributed by atoms with Gasteiger partial charge in [0.1, 0.15) is 5.82 Å². The molecule has 3 rings (SSSR count). The molecule has 0 saturated heterocycles. The van der Waals surface area contributed by atoms with Crippen LogP contribution >= 0.6 is 0 Å². The van der Waals surface area contributed by atoms with Crippen molar-refractivity contribution in [3.63, 3.8) is 0 Å². The summed E-state index contributed by atoms with van der Waals surface area (Å²) in [7, 11) is 1.86. The third-order valence-corrected chi connectivity index (χ3v) is 4.01. The Morgan fingerprint density at radius 2 is 2.29 bits per heavy atom. The van der Waals surface area contributed by atoms with Crippen LogP contribution in [-0.4, -0.2) is 22.2 Å². The van der Waals surface area contributed by atoms with Crippen LogP contribution in [0.2, 0.25) is 0 Å². The van der Waals surface area contributed by atoms with E-state index in [1.54, 1.807) is 21.8 Å². The summed E-state index contributed by atoms with van der Waals surface area (Å²) in [4.78, 5) is 14.3. The minimum absolute atomic E-state index is 0.0803. The third-order valence-electron chi connectivity index (χ3n) is 4.01. The summed E-state index contributed by atoms with van der Waals surface area (Å²) in [6, 6.07) is 4.63. The van der Waals surface area contributed by atoms with Crippen LogP contribution in [-0.2, 0) is 18.3 Å². The van der Waals surface area contributed by atoms with Gasteiger partial charge >= 0.3 is 0 Å². The third kappa shape index (κ3) is 2.68. The number of halogens is 1. The van der Waals surface area contributed by atoms with E-state index in [1.807, 2.05) is 20.2 Å². The van der Waals surface area contributed by atoms with Gasteiger partial charge in [0.25, 0.3) is 0 Å². The van der Waals surface area contributed by atoms with E-state index < -0.39 is 0 Å². The predicted octanol–water partition coefficient (Wildman–Crippen LogP) is 2.64. The van der Waals surface area contributed by atoms with Crippen LogP contribution in [0.15, 0.2) is 30.6 Å². The largest absolute Gasteiger partial charge is 0.312 e. The summed E-state index contributed by atoms with van der Waals surface area (Å²) >= 11 is 0. The Hall–Kier alpha value is -2.17. The summed E-state index contributed by atoms with van der Waals surface area (Å²) in [5, 5.41) is 4.14. The molecule has 4 nitrogen and oxygen atoms in total. The smallest absolute Gasteiger partial charge is 0.227 e. The molecule has 0 N–H and O–H groups in total. The van der Waals surface area contributed by atoms with Gasteiger partial charge in [0.05, 0.1) is 6.20 Å². The van der Waals surface area contributed by atoms with Gasteiger partial charge in [-0.05, 0) is 41.7 Å². The highest BCUT2D eigenvalue weighted by atomic mass is 19.1. The van der Waals surface area contributed by atoms with E-state index in [1.165, 1.54) is 12.1 Å². The average molecular weight is 287 g/mol. The van der Waals surface area contributed by atoms with Crippen molar-refractivity contribution in [2.45, 2.75) is 25.7 Å². The fraction of sp³-hybridized carbons (Fsp3) is 0.375. The molecule has 1 aromatic carbocycles. The number of nitrogens with zero attached hydrogens (tertiary/aromatic N) is 3. The number of amides is 1. The molecule has 1 unspecified atom stereocenters. The van der Waals surface area contributed by atoms with E-state index in [-0.39, 0.29) is 17.6 Å². The van der Waals surface area contributed by atoms with E-state index in [2.05, 4.69) is 5.10 Å². The number of rotatable bonds is 3. The molecule has 1 atom stereocenters. The summed E-state index contributed by atoms with van der Waals surface area (Å²) in [5.74, 6) is -0.0424. The SMILES string of the molecule is CC(CC(=O)N1CCc2cc(F)ccc21)c1cnn(C)c1. The number of carbonyl (C=O) groups is 1. The van der Waals surface area contributed by atoms with Gasteiger partial charge in [-0.1, -0.05) is 6.92 Å². The molecule has 1 aliphatic rings. The molecule has 1 aromatic heterocycles. The van der Waals surface area contributed by atoms with Crippen LogP contribution in [0.5, 0.6) is 0 Å². The number of aromatic nitrogens is 2. The van der Waals surface area contributed by atoms with E-state index in [4.69, 9.17) is 0 Å². The van der Waals surface area contributed by atoms with Gasteiger partial charge in [0.15, 0.2) is 0 Å². The van der Waals surface area contributed by atoms with Gasteiger partial charge in [-0.15, -0.1) is 0 Å². The van der Waals surface area contributed by atoms with E-state index in [0.717, 1.165) is 23.2 Å². The first-order valence-corrected chi connectivity index (χ1v) is 7.12. The standard InChI is InChI=1S/C16H18FN3O/c1-11(13-9-18-19(2)10-13)7-16(21)20-6-5-12-8-14(17)3-4-15(12)20/h3-4,8-11H,5-7H2,1-2H3. The molecule has 0 radical (unpaired) electrons. The molecule has 0 saturated carbocycles. The molecule has 0 spiro atoms. The Balaban J connectivity index is 1.73. The number of hydrogen-bond acceptors (Lipinski definition) is 2. The number of benzene rings is 1. The maximum atomic E-state index is 13.2. The molecule has 0 fully saturated rings. The maximum absolute atomic E-state index is 13.2.